The Morgan fingerprint density at radius 2 is 2.07 bits per heavy atom. The van der Waals surface area contributed by atoms with E-state index in [9.17, 15) is 18.0 Å². The van der Waals surface area contributed by atoms with Crippen LogP contribution in [0.3, 0.4) is 0 Å². The van der Waals surface area contributed by atoms with Crippen LogP contribution in [0, 0.1) is 6.92 Å². The maximum atomic E-state index is 12.8. The molecule has 27 heavy (non-hydrogen) atoms. The molecule has 2 N–H and O–H groups in total. The molecule has 0 radical (unpaired) electrons. The van der Waals surface area contributed by atoms with Crippen LogP contribution in [0.2, 0.25) is 5.02 Å². The number of benzene rings is 1. The molecule has 10 heteroatoms. The van der Waals surface area contributed by atoms with Gasteiger partial charge in [0.05, 0.1) is 10.7 Å². The van der Waals surface area contributed by atoms with Crippen molar-refractivity contribution >= 4 is 40.4 Å². The summed E-state index contributed by atoms with van der Waals surface area (Å²) >= 11 is 10.9. The summed E-state index contributed by atoms with van der Waals surface area (Å²) in [5.41, 5.74) is 0.432. The normalized spacial score (nSPS) is 11.3. The van der Waals surface area contributed by atoms with Crippen molar-refractivity contribution in [1.82, 2.24) is 15.1 Å². The minimum Gasteiger partial charge on any atom is -0.362 e. The minimum atomic E-state index is -4.58. The Morgan fingerprint density at radius 3 is 2.67 bits per heavy atom. The summed E-state index contributed by atoms with van der Waals surface area (Å²) in [5, 5.41) is 9.43. The third-order valence-corrected chi connectivity index (χ3v) is 4.46. The number of hydrogen-bond donors (Lipinski definition) is 2. The number of carbonyl (C=O) groups is 1. The molecular weight excluding hydrogens is 401 g/mol. The largest absolute Gasteiger partial charge is 0.436 e. The van der Waals surface area contributed by atoms with E-state index < -0.39 is 11.9 Å². The lowest BCUT2D eigenvalue weighted by Gasteiger charge is -2.11. The van der Waals surface area contributed by atoms with Gasteiger partial charge in [-0.25, -0.2) is 0 Å². The van der Waals surface area contributed by atoms with Crippen molar-refractivity contribution in [2.75, 3.05) is 11.9 Å². The Morgan fingerprint density at radius 1 is 1.37 bits per heavy atom. The summed E-state index contributed by atoms with van der Waals surface area (Å²) in [4.78, 5) is 11.4. The van der Waals surface area contributed by atoms with Gasteiger partial charge in [-0.05, 0) is 44.6 Å². The SMILES string of the molecule is CC(=O)c1cccc(NC(=S)NCCCn2nc(C(F)(F)F)c(Cl)c2C)c1. The van der Waals surface area contributed by atoms with Crippen LogP contribution in [0.25, 0.3) is 0 Å². The van der Waals surface area contributed by atoms with E-state index in [1.54, 1.807) is 24.3 Å². The van der Waals surface area contributed by atoms with Gasteiger partial charge in [-0.1, -0.05) is 23.7 Å². The van der Waals surface area contributed by atoms with Crippen LogP contribution in [0.15, 0.2) is 24.3 Å². The molecule has 146 valence electrons. The van der Waals surface area contributed by atoms with E-state index in [2.05, 4.69) is 15.7 Å². The van der Waals surface area contributed by atoms with Gasteiger partial charge in [-0.15, -0.1) is 0 Å². The van der Waals surface area contributed by atoms with E-state index in [4.69, 9.17) is 23.8 Å². The number of ketones is 1. The number of Topliss-reactive ketones (excluding diaryl/α,β-unsaturated/α-hetero) is 1. The molecule has 0 amide bonds. The molecular formula is C17H18ClF3N4OS. The number of hydrogen-bond acceptors (Lipinski definition) is 3. The van der Waals surface area contributed by atoms with Gasteiger partial charge in [0, 0.05) is 24.3 Å². The van der Waals surface area contributed by atoms with E-state index >= 15 is 0 Å². The third-order valence-electron chi connectivity index (χ3n) is 3.76. The number of halogens is 4. The Hall–Kier alpha value is -2.13. The Bertz CT molecular complexity index is 851. The van der Waals surface area contributed by atoms with Crippen LogP contribution in [-0.4, -0.2) is 27.2 Å². The summed E-state index contributed by atoms with van der Waals surface area (Å²) in [6.07, 6.45) is -4.09. The van der Waals surface area contributed by atoms with Crippen LogP contribution in [0.4, 0.5) is 18.9 Å². The average molecular weight is 419 g/mol. The third kappa shape index (κ3) is 5.67. The zero-order valence-corrected chi connectivity index (χ0v) is 16.2. The fourth-order valence-electron chi connectivity index (χ4n) is 2.35. The van der Waals surface area contributed by atoms with Gasteiger partial charge in [0.1, 0.15) is 0 Å². The highest BCUT2D eigenvalue weighted by molar-refractivity contribution is 7.80. The standard InChI is InChI=1S/C17H18ClF3N4OS/c1-10-14(18)15(17(19,20)21)24-25(10)8-4-7-22-16(27)23-13-6-3-5-12(9-13)11(2)26/h3,5-6,9H,4,7-8H2,1-2H3,(H2,22,23,27). The highest BCUT2D eigenvalue weighted by atomic mass is 35.5. The van der Waals surface area contributed by atoms with E-state index in [0.29, 0.717) is 29.3 Å². The van der Waals surface area contributed by atoms with E-state index in [-0.39, 0.29) is 23.0 Å². The molecule has 1 aromatic heterocycles. The first-order valence-corrected chi connectivity index (χ1v) is 8.84. The molecule has 2 aromatic rings. The summed E-state index contributed by atoms with van der Waals surface area (Å²) in [6, 6.07) is 6.90. The number of rotatable bonds is 6. The smallest absolute Gasteiger partial charge is 0.362 e. The summed E-state index contributed by atoms with van der Waals surface area (Å²) < 4.78 is 39.6. The monoisotopic (exact) mass is 418 g/mol. The summed E-state index contributed by atoms with van der Waals surface area (Å²) in [6.45, 7) is 3.66. The minimum absolute atomic E-state index is 0.0518. The van der Waals surface area contributed by atoms with Crippen molar-refractivity contribution in [3.63, 3.8) is 0 Å². The van der Waals surface area contributed by atoms with Crippen LogP contribution in [0.1, 0.15) is 35.1 Å². The van der Waals surface area contributed by atoms with Gasteiger partial charge in [0.15, 0.2) is 16.6 Å². The van der Waals surface area contributed by atoms with Gasteiger partial charge in [0.2, 0.25) is 0 Å². The number of nitrogens with zero attached hydrogens (tertiary/aromatic N) is 2. The summed E-state index contributed by atoms with van der Waals surface area (Å²) in [7, 11) is 0. The lowest BCUT2D eigenvalue weighted by molar-refractivity contribution is -0.141. The van der Waals surface area contributed by atoms with Gasteiger partial charge >= 0.3 is 6.18 Å². The van der Waals surface area contributed by atoms with Crippen molar-refractivity contribution in [2.24, 2.45) is 0 Å². The molecule has 2 rings (SSSR count). The second kappa shape index (κ2) is 8.71. The Labute approximate surface area is 164 Å². The predicted molar refractivity (Wildman–Crippen MR) is 102 cm³/mol. The molecule has 0 saturated carbocycles. The van der Waals surface area contributed by atoms with Crippen molar-refractivity contribution in [2.45, 2.75) is 33.0 Å². The number of anilines is 1. The maximum absolute atomic E-state index is 12.8. The molecule has 0 unspecified atom stereocenters. The van der Waals surface area contributed by atoms with Crippen molar-refractivity contribution < 1.29 is 18.0 Å². The van der Waals surface area contributed by atoms with Gasteiger partial charge in [-0.3, -0.25) is 9.48 Å². The van der Waals surface area contributed by atoms with Crippen LogP contribution >= 0.6 is 23.8 Å². The van der Waals surface area contributed by atoms with Gasteiger partial charge in [-0.2, -0.15) is 18.3 Å². The molecule has 0 aliphatic heterocycles. The molecule has 0 aliphatic carbocycles. The van der Waals surface area contributed by atoms with Crippen molar-refractivity contribution in [1.29, 1.82) is 0 Å². The number of carbonyl (C=O) groups excluding carboxylic acids is 1. The molecule has 0 fully saturated rings. The molecule has 0 bridgehead atoms. The second-order valence-corrected chi connectivity index (χ2v) is 6.63. The Balaban J connectivity index is 1.84. The zero-order chi connectivity index (χ0) is 20.2. The van der Waals surface area contributed by atoms with Crippen LogP contribution in [-0.2, 0) is 12.7 Å². The molecule has 0 saturated heterocycles. The number of nitrogens with one attached hydrogen (secondary N) is 2. The maximum Gasteiger partial charge on any atom is 0.436 e. The lowest BCUT2D eigenvalue weighted by atomic mass is 10.1. The topological polar surface area (TPSA) is 59.0 Å². The van der Waals surface area contributed by atoms with E-state index in [1.165, 1.54) is 18.5 Å². The lowest BCUT2D eigenvalue weighted by Crippen LogP contribution is -2.30. The number of thiocarbonyl (C=S) groups is 1. The molecule has 1 heterocycles. The second-order valence-electron chi connectivity index (χ2n) is 5.84. The number of alkyl halides is 3. The van der Waals surface area contributed by atoms with Gasteiger partial charge in [0.25, 0.3) is 0 Å². The fourth-order valence-corrected chi connectivity index (χ4v) is 2.81. The van der Waals surface area contributed by atoms with Crippen molar-refractivity contribution in [3.05, 3.63) is 46.2 Å². The first-order chi connectivity index (χ1) is 12.6. The molecule has 0 aliphatic rings. The van der Waals surface area contributed by atoms with Crippen molar-refractivity contribution in [3.8, 4) is 0 Å². The molecule has 0 spiro atoms. The first kappa shape index (κ1) is 21.2. The predicted octanol–water partition coefficient (Wildman–Crippen LogP) is 4.44. The molecule has 1 aromatic carbocycles. The van der Waals surface area contributed by atoms with Crippen LogP contribution < -0.4 is 10.6 Å². The molecule has 5 nitrogen and oxygen atoms in total. The Kier molecular flexibility index (Phi) is 6.83. The van der Waals surface area contributed by atoms with Gasteiger partial charge < -0.3 is 10.6 Å². The highest BCUT2D eigenvalue weighted by Gasteiger charge is 2.38. The number of aromatic nitrogens is 2. The number of aryl methyl sites for hydroxylation is 1. The fraction of sp³-hybridized carbons (Fsp3) is 0.353. The van der Waals surface area contributed by atoms with E-state index in [1.807, 2.05) is 0 Å². The summed E-state index contributed by atoms with van der Waals surface area (Å²) in [5.74, 6) is -0.0518. The highest BCUT2D eigenvalue weighted by Crippen LogP contribution is 2.35. The quantitative estimate of drug-likeness (QED) is 0.412. The first-order valence-electron chi connectivity index (χ1n) is 8.05. The van der Waals surface area contributed by atoms with Crippen LogP contribution in [0.5, 0.6) is 0 Å². The average Bonchev–Trinajstić information content (AvgIpc) is 2.87. The van der Waals surface area contributed by atoms with E-state index in [0.717, 1.165) is 0 Å². The zero-order valence-electron chi connectivity index (χ0n) is 14.7. The molecule has 0 atom stereocenters.